The van der Waals surface area contributed by atoms with Crippen molar-refractivity contribution in [2.75, 3.05) is 24.7 Å². The Bertz CT molecular complexity index is 624. The molecule has 0 fully saturated rings. The van der Waals surface area contributed by atoms with Crippen LogP contribution in [-0.4, -0.2) is 29.5 Å². The zero-order chi connectivity index (χ0) is 15.3. The molecule has 0 unspecified atom stereocenters. The maximum atomic E-state index is 5.12. The van der Waals surface area contributed by atoms with Crippen LogP contribution in [0.25, 0.3) is 10.8 Å². The number of halogens is 1. The molecular weight excluding hydrogens is 420 g/mol. The van der Waals surface area contributed by atoms with Crippen molar-refractivity contribution in [2.24, 2.45) is 4.99 Å². The van der Waals surface area contributed by atoms with E-state index in [1.807, 2.05) is 11.8 Å². The highest BCUT2D eigenvalue weighted by Crippen LogP contribution is 2.62. The SMILES string of the molecule is CC[P+](CC)(CC)C(=Nc1cccc2ccccc12)SC.[I-]. The van der Waals surface area contributed by atoms with Crippen molar-refractivity contribution in [3.63, 3.8) is 0 Å². The van der Waals surface area contributed by atoms with Gasteiger partial charge in [-0.05, 0) is 38.5 Å². The van der Waals surface area contributed by atoms with Crippen LogP contribution >= 0.6 is 19.0 Å². The van der Waals surface area contributed by atoms with Crippen LogP contribution in [0.4, 0.5) is 5.69 Å². The van der Waals surface area contributed by atoms with Gasteiger partial charge in [0, 0.05) is 5.39 Å². The van der Waals surface area contributed by atoms with Crippen molar-refractivity contribution >= 4 is 40.3 Å². The van der Waals surface area contributed by atoms with Crippen molar-refractivity contribution in [1.82, 2.24) is 0 Å². The molecule has 0 aliphatic heterocycles. The smallest absolute Gasteiger partial charge is 0.216 e. The highest BCUT2D eigenvalue weighted by molar-refractivity contribution is 8.29. The van der Waals surface area contributed by atoms with E-state index in [2.05, 4.69) is 69.5 Å². The third-order valence-corrected chi connectivity index (χ3v) is 11.1. The largest absolute Gasteiger partial charge is 1.00 e. The lowest BCUT2D eigenvalue weighted by Gasteiger charge is -2.23. The molecule has 0 spiro atoms. The van der Waals surface area contributed by atoms with E-state index in [1.54, 1.807) is 0 Å². The van der Waals surface area contributed by atoms with Gasteiger partial charge in [0.1, 0.15) is 0 Å². The maximum Gasteiger partial charge on any atom is 0.216 e. The van der Waals surface area contributed by atoms with Crippen molar-refractivity contribution in [2.45, 2.75) is 20.8 Å². The first-order valence-corrected chi connectivity index (χ1v) is 11.2. The fourth-order valence-corrected chi connectivity index (χ4v) is 8.20. The molecule has 0 aliphatic rings. The lowest BCUT2D eigenvalue weighted by molar-refractivity contribution is -0.00000435. The molecule has 0 amide bonds. The molecule has 0 bridgehead atoms. The minimum absolute atomic E-state index is 0. The number of hydrogen-bond donors (Lipinski definition) is 0. The summed E-state index contributed by atoms with van der Waals surface area (Å²) in [5, 5.41) is 2.53. The van der Waals surface area contributed by atoms with Gasteiger partial charge >= 0.3 is 0 Å². The molecule has 2 rings (SSSR count). The van der Waals surface area contributed by atoms with Gasteiger partial charge in [0.05, 0.1) is 31.4 Å². The van der Waals surface area contributed by atoms with E-state index >= 15 is 0 Å². The Balaban J connectivity index is 0.00000242. The molecule has 4 heteroatoms. The number of thioether (sulfide) groups is 1. The summed E-state index contributed by atoms with van der Waals surface area (Å²) in [6.45, 7) is 6.99. The van der Waals surface area contributed by atoms with E-state index in [9.17, 15) is 0 Å². The second-order valence-electron chi connectivity index (χ2n) is 5.19. The molecule has 0 radical (unpaired) electrons. The van der Waals surface area contributed by atoms with Crippen LogP contribution in [0.2, 0.25) is 0 Å². The molecule has 120 valence electrons. The average Bonchev–Trinajstić information content (AvgIpc) is 2.56. The number of fused-ring (bicyclic) bond motifs is 1. The van der Waals surface area contributed by atoms with Crippen molar-refractivity contribution < 1.29 is 24.0 Å². The van der Waals surface area contributed by atoms with E-state index in [1.165, 1.54) is 34.0 Å². The van der Waals surface area contributed by atoms with Crippen LogP contribution in [0, 0.1) is 0 Å². The van der Waals surface area contributed by atoms with Crippen LogP contribution < -0.4 is 24.0 Å². The third kappa shape index (κ3) is 4.04. The molecule has 22 heavy (non-hydrogen) atoms. The molecule has 0 N–H and O–H groups in total. The van der Waals surface area contributed by atoms with Crippen molar-refractivity contribution in [1.29, 1.82) is 0 Å². The number of rotatable bonds is 5. The second kappa shape index (κ2) is 9.24. The first-order chi connectivity index (χ1) is 10.2. The monoisotopic (exact) mass is 445 g/mol. The molecule has 2 aromatic rings. The quantitative estimate of drug-likeness (QED) is 0.298. The fraction of sp³-hybridized carbons (Fsp3) is 0.389. The third-order valence-electron chi connectivity index (χ3n) is 4.39. The zero-order valence-corrected chi connectivity index (χ0v) is 17.7. The molecule has 0 saturated carbocycles. The summed E-state index contributed by atoms with van der Waals surface area (Å²) in [4.78, 5) is 6.50. The topological polar surface area (TPSA) is 12.4 Å². The van der Waals surface area contributed by atoms with Crippen LogP contribution in [0.15, 0.2) is 47.5 Å². The van der Waals surface area contributed by atoms with Crippen molar-refractivity contribution in [3.05, 3.63) is 42.5 Å². The normalized spacial score (nSPS) is 12.3. The summed E-state index contributed by atoms with van der Waals surface area (Å²) < 4.78 is 0. The van der Waals surface area contributed by atoms with Gasteiger partial charge in [-0.1, -0.05) is 48.2 Å². The molecule has 0 heterocycles. The molecule has 0 aromatic heterocycles. The van der Waals surface area contributed by atoms with Gasteiger partial charge in [-0.2, -0.15) is 0 Å². The first-order valence-electron chi connectivity index (χ1n) is 7.67. The number of benzene rings is 2. The van der Waals surface area contributed by atoms with Gasteiger partial charge in [-0.25, -0.2) is 4.99 Å². The van der Waals surface area contributed by atoms with Gasteiger partial charge in [0.15, 0.2) is 0 Å². The maximum absolute atomic E-state index is 5.12. The Hall–Kier alpha value is -0.120. The summed E-state index contributed by atoms with van der Waals surface area (Å²) in [5.74, 6) is 0. The minimum atomic E-state index is -1.08. The molecule has 1 nitrogen and oxygen atoms in total. The summed E-state index contributed by atoms with van der Waals surface area (Å²) in [6.07, 6.45) is 5.94. The van der Waals surface area contributed by atoms with Crippen LogP contribution in [0.1, 0.15) is 20.8 Å². The summed E-state index contributed by atoms with van der Waals surface area (Å²) in [6, 6.07) is 15.0. The highest BCUT2D eigenvalue weighted by atomic mass is 127. The van der Waals surface area contributed by atoms with Gasteiger partial charge in [-0.3, -0.25) is 0 Å². The number of nitrogens with zero attached hydrogens (tertiary/aromatic N) is 1. The Labute approximate surface area is 156 Å². The van der Waals surface area contributed by atoms with Crippen LogP contribution in [0.3, 0.4) is 0 Å². The van der Waals surface area contributed by atoms with Crippen molar-refractivity contribution in [3.8, 4) is 0 Å². The molecule has 0 atom stereocenters. The van der Waals surface area contributed by atoms with E-state index in [-0.39, 0.29) is 24.0 Å². The molecule has 0 aliphatic carbocycles. The van der Waals surface area contributed by atoms with Gasteiger partial charge in [-0.15, -0.1) is 0 Å². The van der Waals surface area contributed by atoms with E-state index in [0.29, 0.717) is 0 Å². The molecule has 0 saturated heterocycles. The summed E-state index contributed by atoms with van der Waals surface area (Å²) in [5.41, 5.74) is 1.12. The Morgan fingerprint density at radius 3 is 2.14 bits per heavy atom. The Morgan fingerprint density at radius 1 is 0.955 bits per heavy atom. The van der Waals surface area contributed by atoms with Gasteiger partial charge in [0.25, 0.3) is 0 Å². The zero-order valence-electron chi connectivity index (χ0n) is 13.8. The predicted octanol–water partition coefficient (Wildman–Crippen LogP) is 3.27. The van der Waals surface area contributed by atoms with Crippen LogP contribution in [-0.2, 0) is 0 Å². The fourth-order valence-electron chi connectivity index (χ4n) is 2.83. The lowest BCUT2D eigenvalue weighted by atomic mass is 10.1. The highest BCUT2D eigenvalue weighted by Gasteiger charge is 2.38. The average molecular weight is 445 g/mol. The molecular formula is C18H25INPS. The Morgan fingerprint density at radius 2 is 1.55 bits per heavy atom. The summed E-state index contributed by atoms with van der Waals surface area (Å²) in [7, 11) is -1.08. The predicted molar refractivity (Wildman–Crippen MR) is 103 cm³/mol. The lowest BCUT2D eigenvalue weighted by Crippen LogP contribution is -3.00. The first kappa shape index (κ1) is 19.9. The minimum Gasteiger partial charge on any atom is -1.00 e. The molecule has 2 aromatic carbocycles. The van der Waals surface area contributed by atoms with E-state index in [0.717, 1.165) is 5.69 Å². The van der Waals surface area contributed by atoms with Gasteiger partial charge < -0.3 is 24.0 Å². The van der Waals surface area contributed by atoms with E-state index in [4.69, 9.17) is 4.99 Å². The number of hydrogen-bond acceptors (Lipinski definition) is 2. The van der Waals surface area contributed by atoms with Crippen LogP contribution in [0.5, 0.6) is 0 Å². The Kier molecular flexibility index (Phi) is 8.37. The van der Waals surface area contributed by atoms with Gasteiger partial charge in [0.2, 0.25) is 4.78 Å². The standard InChI is InChI=1S/C18H25NPS.HI/c1-5-20(6-2,7-3)18(21-4)19-17-14-10-12-15-11-8-9-13-16(15)17;/h8-14H,5-7H2,1-4H3;1H/q+1;/p-1. The summed E-state index contributed by atoms with van der Waals surface area (Å²) >= 11 is 1.85. The van der Waals surface area contributed by atoms with E-state index < -0.39 is 7.26 Å². The number of aliphatic imine (C=N–C) groups is 1. The second-order valence-corrected chi connectivity index (χ2v) is 10.9.